The molecule has 138 valence electrons. The molecule has 6 heteroatoms. The number of H-pyrrole nitrogens is 1. The number of benzene rings is 2. The third-order valence-corrected chi connectivity index (χ3v) is 4.16. The third kappa shape index (κ3) is 4.61. The first kappa shape index (κ1) is 18.4. The first-order valence-corrected chi connectivity index (χ1v) is 8.59. The van der Waals surface area contributed by atoms with Crippen molar-refractivity contribution < 1.29 is 14.3 Å². The standard InChI is InChI=1S/C21H21N3O3/c1-13-5-4-6-18(11-13)24-19(25)12-27-21(26)17-9-7-16(8-10-17)20-22-14(2)15(3)23-20/h4-11H,12H2,1-3H3,(H,22,23)(H,24,25). The molecule has 0 fully saturated rings. The molecule has 3 rings (SSSR count). The fraction of sp³-hybridized carbons (Fsp3) is 0.190. The van der Waals surface area contributed by atoms with Gasteiger partial charge in [0.15, 0.2) is 6.61 Å². The molecule has 27 heavy (non-hydrogen) atoms. The molecule has 0 atom stereocenters. The van der Waals surface area contributed by atoms with Gasteiger partial charge in [0.25, 0.3) is 5.91 Å². The van der Waals surface area contributed by atoms with Gasteiger partial charge in [-0.2, -0.15) is 0 Å². The quantitative estimate of drug-likeness (QED) is 0.676. The predicted octanol–water partition coefficient (Wildman–Crippen LogP) is 3.80. The van der Waals surface area contributed by atoms with Crippen LogP contribution in [-0.2, 0) is 9.53 Å². The van der Waals surface area contributed by atoms with Gasteiger partial charge in [0, 0.05) is 16.9 Å². The summed E-state index contributed by atoms with van der Waals surface area (Å²) in [5.41, 5.74) is 4.90. The average molecular weight is 363 g/mol. The smallest absolute Gasteiger partial charge is 0.338 e. The second-order valence-electron chi connectivity index (χ2n) is 6.37. The fourth-order valence-electron chi connectivity index (χ4n) is 2.58. The summed E-state index contributed by atoms with van der Waals surface area (Å²) in [5.74, 6) is -0.178. The fourth-order valence-corrected chi connectivity index (χ4v) is 2.58. The Morgan fingerprint density at radius 1 is 1.07 bits per heavy atom. The van der Waals surface area contributed by atoms with Crippen molar-refractivity contribution in [3.05, 3.63) is 71.0 Å². The Morgan fingerprint density at radius 2 is 1.81 bits per heavy atom. The van der Waals surface area contributed by atoms with Crippen LogP contribution in [0.5, 0.6) is 0 Å². The molecule has 2 aromatic carbocycles. The van der Waals surface area contributed by atoms with Crippen LogP contribution in [0.1, 0.15) is 27.3 Å². The summed E-state index contributed by atoms with van der Waals surface area (Å²) in [6.07, 6.45) is 0. The molecule has 0 aliphatic carbocycles. The molecular weight excluding hydrogens is 342 g/mol. The van der Waals surface area contributed by atoms with Gasteiger partial charge in [0.2, 0.25) is 0 Å². The number of aryl methyl sites for hydroxylation is 3. The zero-order valence-corrected chi connectivity index (χ0v) is 15.5. The van der Waals surface area contributed by atoms with Crippen LogP contribution in [0.2, 0.25) is 0 Å². The third-order valence-electron chi connectivity index (χ3n) is 4.16. The summed E-state index contributed by atoms with van der Waals surface area (Å²) in [4.78, 5) is 31.7. The van der Waals surface area contributed by atoms with Crippen LogP contribution in [0.25, 0.3) is 11.4 Å². The van der Waals surface area contributed by atoms with Crippen molar-refractivity contribution in [3.8, 4) is 11.4 Å². The number of ether oxygens (including phenoxy) is 1. The summed E-state index contributed by atoms with van der Waals surface area (Å²) in [5, 5.41) is 2.70. The average Bonchev–Trinajstić information content (AvgIpc) is 2.99. The molecule has 1 amide bonds. The number of hydrogen-bond donors (Lipinski definition) is 2. The first-order chi connectivity index (χ1) is 12.9. The molecular formula is C21H21N3O3. The van der Waals surface area contributed by atoms with Gasteiger partial charge in [0.1, 0.15) is 5.82 Å². The predicted molar refractivity (Wildman–Crippen MR) is 104 cm³/mol. The van der Waals surface area contributed by atoms with Crippen molar-refractivity contribution in [1.29, 1.82) is 0 Å². The topological polar surface area (TPSA) is 84.1 Å². The number of imidazole rings is 1. The minimum atomic E-state index is -0.548. The van der Waals surface area contributed by atoms with Gasteiger partial charge >= 0.3 is 5.97 Å². The number of rotatable bonds is 5. The highest BCUT2D eigenvalue weighted by Crippen LogP contribution is 2.18. The van der Waals surface area contributed by atoms with Gasteiger partial charge in [-0.3, -0.25) is 4.79 Å². The lowest BCUT2D eigenvalue weighted by atomic mass is 10.1. The monoisotopic (exact) mass is 363 g/mol. The molecule has 1 heterocycles. The van der Waals surface area contributed by atoms with E-state index < -0.39 is 5.97 Å². The first-order valence-electron chi connectivity index (χ1n) is 8.59. The highest BCUT2D eigenvalue weighted by Gasteiger charge is 2.12. The van der Waals surface area contributed by atoms with Crippen molar-refractivity contribution in [1.82, 2.24) is 9.97 Å². The number of esters is 1. The van der Waals surface area contributed by atoms with E-state index in [2.05, 4.69) is 15.3 Å². The number of amides is 1. The van der Waals surface area contributed by atoms with E-state index in [9.17, 15) is 9.59 Å². The van der Waals surface area contributed by atoms with Crippen LogP contribution in [-0.4, -0.2) is 28.5 Å². The Bertz CT molecular complexity index is 955. The number of hydrogen-bond acceptors (Lipinski definition) is 4. The molecule has 0 aliphatic heterocycles. The summed E-state index contributed by atoms with van der Waals surface area (Å²) < 4.78 is 5.09. The summed E-state index contributed by atoms with van der Waals surface area (Å²) >= 11 is 0. The molecule has 0 spiro atoms. The SMILES string of the molecule is Cc1cccc(NC(=O)COC(=O)c2ccc(-c3nc(C)c(C)[nH]3)cc2)c1. The van der Waals surface area contributed by atoms with Gasteiger partial charge in [-0.05, 0) is 50.6 Å². The lowest BCUT2D eigenvalue weighted by Gasteiger charge is -2.07. The summed E-state index contributed by atoms with van der Waals surface area (Å²) in [7, 11) is 0. The normalized spacial score (nSPS) is 10.5. The molecule has 0 saturated carbocycles. The Labute approximate surface area is 157 Å². The lowest BCUT2D eigenvalue weighted by molar-refractivity contribution is -0.119. The molecule has 0 aliphatic rings. The van der Waals surface area contributed by atoms with E-state index in [0.717, 1.165) is 28.3 Å². The second-order valence-corrected chi connectivity index (χ2v) is 6.37. The van der Waals surface area contributed by atoms with Crippen LogP contribution >= 0.6 is 0 Å². The number of aromatic nitrogens is 2. The van der Waals surface area contributed by atoms with Gasteiger partial charge in [-0.1, -0.05) is 24.3 Å². The second kappa shape index (κ2) is 7.86. The molecule has 3 aromatic rings. The van der Waals surface area contributed by atoms with E-state index in [0.29, 0.717) is 11.3 Å². The van der Waals surface area contributed by atoms with E-state index in [1.807, 2.05) is 39.0 Å². The molecule has 0 bridgehead atoms. The lowest BCUT2D eigenvalue weighted by Crippen LogP contribution is -2.20. The number of nitrogens with one attached hydrogen (secondary N) is 2. The molecule has 0 unspecified atom stereocenters. The van der Waals surface area contributed by atoms with Gasteiger partial charge in [0.05, 0.1) is 11.3 Å². The maximum Gasteiger partial charge on any atom is 0.338 e. The number of carbonyl (C=O) groups is 2. The van der Waals surface area contributed by atoms with Crippen LogP contribution < -0.4 is 5.32 Å². The number of anilines is 1. The molecule has 2 N–H and O–H groups in total. The maximum atomic E-state index is 12.1. The van der Waals surface area contributed by atoms with Crippen LogP contribution in [0.15, 0.2) is 48.5 Å². The summed E-state index contributed by atoms with van der Waals surface area (Å²) in [6.45, 7) is 5.48. The van der Waals surface area contributed by atoms with Crippen molar-refractivity contribution in [2.24, 2.45) is 0 Å². The van der Waals surface area contributed by atoms with E-state index in [4.69, 9.17) is 4.74 Å². The van der Waals surface area contributed by atoms with E-state index in [-0.39, 0.29) is 12.5 Å². The zero-order chi connectivity index (χ0) is 19.4. The molecule has 0 saturated heterocycles. The maximum absolute atomic E-state index is 12.1. The number of nitrogens with zero attached hydrogens (tertiary/aromatic N) is 1. The van der Waals surface area contributed by atoms with Crippen LogP contribution in [0.4, 0.5) is 5.69 Å². The highest BCUT2D eigenvalue weighted by molar-refractivity contribution is 5.95. The van der Waals surface area contributed by atoms with Gasteiger partial charge < -0.3 is 15.0 Å². The van der Waals surface area contributed by atoms with Crippen molar-refractivity contribution in [3.63, 3.8) is 0 Å². The Kier molecular flexibility index (Phi) is 5.35. The van der Waals surface area contributed by atoms with Crippen molar-refractivity contribution in [2.75, 3.05) is 11.9 Å². The largest absolute Gasteiger partial charge is 0.452 e. The Balaban J connectivity index is 1.57. The van der Waals surface area contributed by atoms with Crippen LogP contribution in [0.3, 0.4) is 0 Å². The van der Waals surface area contributed by atoms with E-state index in [1.165, 1.54) is 0 Å². The number of aromatic amines is 1. The molecule has 6 nitrogen and oxygen atoms in total. The van der Waals surface area contributed by atoms with Crippen LogP contribution in [0, 0.1) is 20.8 Å². The molecule has 1 aromatic heterocycles. The number of carbonyl (C=O) groups excluding carboxylic acids is 2. The zero-order valence-electron chi connectivity index (χ0n) is 15.5. The van der Waals surface area contributed by atoms with E-state index >= 15 is 0 Å². The Hall–Kier alpha value is -3.41. The minimum absolute atomic E-state index is 0.342. The summed E-state index contributed by atoms with van der Waals surface area (Å²) in [6, 6.07) is 14.3. The molecule has 0 radical (unpaired) electrons. The Morgan fingerprint density at radius 3 is 2.44 bits per heavy atom. The van der Waals surface area contributed by atoms with Crippen molar-refractivity contribution in [2.45, 2.75) is 20.8 Å². The van der Waals surface area contributed by atoms with Gasteiger partial charge in [-0.25, -0.2) is 9.78 Å². The highest BCUT2D eigenvalue weighted by atomic mass is 16.5. The minimum Gasteiger partial charge on any atom is -0.452 e. The van der Waals surface area contributed by atoms with Gasteiger partial charge in [-0.15, -0.1) is 0 Å². The van der Waals surface area contributed by atoms with E-state index in [1.54, 1.807) is 30.3 Å². The van der Waals surface area contributed by atoms with Crippen molar-refractivity contribution >= 4 is 17.6 Å².